The summed E-state index contributed by atoms with van der Waals surface area (Å²) in [6, 6.07) is 68.7. The second kappa shape index (κ2) is 12.4. The number of hydrogen-bond donors (Lipinski definition) is 2. The summed E-state index contributed by atoms with van der Waals surface area (Å²) in [6.45, 7) is 0. The van der Waals surface area contributed by atoms with Crippen molar-refractivity contribution in [2.24, 2.45) is 0 Å². The first-order valence-corrected chi connectivity index (χ1v) is 18.8. The third-order valence-corrected chi connectivity index (χ3v) is 11.5. The average Bonchev–Trinajstić information content (AvgIpc) is 3.24. The molecular formula is C52H36N2. The van der Waals surface area contributed by atoms with Gasteiger partial charge >= 0.3 is 0 Å². The van der Waals surface area contributed by atoms with Crippen LogP contribution in [0.4, 0.5) is 0 Å². The zero-order valence-electron chi connectivity index (χ0n) is 29.6. The molecule has 2 nitrogen and oxygen atoms in total. The molecule has 1 aliphatic heterocycles. The first kappa shape index (κ1) is 30.8. The molecule has 2 heteroatoms. The van der Waals surface area contributed by atoms with Gasteiger partial charge in [-0.05, 0) is 99.5 Å². The standard InChI is InChI=1S/C52H36N2/c1-2-14-33(15-3-1)38-20-12-13-25-43(38)48-32-49(50-41-23-10-6-18-36(41)30-46-39-21-8-4-16-34(39)26-28-44(46)50)54-52(53-48)51-42-24-11-7-19-37(42)31-47-40-22-9-5-17-35(40)27-29-45(47)51/h1-32,49,52-54H. The van der Waals surface area contributed by atoms with Gasteiger partial charge in [0, 0.05) is 16.8 Å². The van der Waals surface area contributed by atoms with E-state index in [2.05, 4.69) is 205 Å². The van der Waals surface area contributed by atoms with Crippen LogP contribution >= 0.6 is 0 Å². The Morgan fingerprint density at radius 1 is 0.333 bits per heavy atom. The van der Waals surface area contributed by atoms with Gasteiger partial charge in [-0.25, -0.2) is 0 Å². The van der Waals surface area contributed by atoms with Gasteiger partial charge in [0.15, 0.2) is 0 Å². The van der Waals surface area contributed by atoms with Gasteiger partial charge in [-0.3, -0.25) is 5.32 Å². The van der Waals surface area contributed by atoms with E-state index in [1.165, 1.54) is 92.5 Å². The Morgan fingerprint density at radius 2 is 0.815 bits per heavy atom. The summed E-state index contributed by atoms with van der Waals surface area (Å²) in [5.74, 6) is 0. The minimum absolute atomic E-state index is 0.112. The molecule has 54 heavy (non-hydrogen) atoms. The maximum Gasteiger partial charge on any atom is 0.105 e. The van der Waals surface area contributed by atoms with Gasteiger partial charge in [0.25, 0.3) is 0 Å². The minimum Gasteiger partial charge on any atom is -0.366 e. The van der Waals surface area contributed by atoms with Gasteiger partial charge < -0.3 is 5.32 Å². The molecule has 0 radical (unpaired) electrons. The van der Waals surface area contributed by atoms with Crippen LogP contribution < -0.4 is 10.6 Å². The van der Waals surface area contributed by atoms with E-state index in [1.807, 2.05) is 0 Å². The predicted octanol–water partition coefficient (Wildman–Crippen LogP) is 13.2. The molecule has 0 amide bonds. The third kappa shape index (κ3) is 4.92. The van der Waals surface area contributed by atoms with Crippen molar-refractivity contribution in [1.82, 2.24) is 10.6 Å². The molecule has 1 heterocycles. The lowest BCUT2D eigenvalue weighted by molar-refractivity contribution is 0.450. The summed E-state index contributed by atoms with van der Waals surface area (Å²) in [4.78, 5) is 0. The number of hydrogen-bond acceptors (Lipinski definition) is 2. The Bertz CT molecular complexity index is 3120. The topological polar surface area (TPSA) is 24.1 Å². The normalized spacial score (nSPS) is 16.0. The highest BCUT2D eigenvalue weighted by Gasteiger charge is 2.30. The number of nitrogens with one attached hydrogen (secondary N) is 2. The van der Waals surface area contributed by atoms with Crippen LogP contribution in [0.3, 0.4) is 0 Å². The van der Waals surface area contributed by atoms with E-state index in [0.29, 0.717) is 0 Å². The van der Waals surface area contributed by atoms with Crippen LogP contribution in [0.1, 0.15) is 28.9 Å². The number of rotatable bonds is 4. The van der Waals surface area contributed by atoms with E-state index in [9.17, 15) is 0 Å². The van der Waals surface area contributed by atoms with Gasteiger partial charge in [0.2, 0.25) is 0 Å². The smallest absolute Gasteiger partial charge is 0.105 e. The maximum absolute atomic E-state index is 4.22. The first-order valence-electron chi connectivity index (χ1n) is 18.8. The fourth-order valence-corrected chi connectivity index (χ4v) is 9.07. The fourth-order valence-electron chi connectivity index (χ4n) is 9.07. The Kier molecular flexibility index (Phi) is 7.11. The van der Waals surface area contributed by atoms with Crippen molar-refractivity contribution in [2.75, 3.05) is 0 Å². The molecule has 0 bridgehead atoms. The molecule has 2 N–H and O–H groups in total. The van der Waals surface area contributed by atoms with Crippen LogP contribution in [0.25, 0.3) is 81.5 Å². The lowest BCUT2D eigenvalue weighted by Crippen LogP contribution is -2.40. The summed E-state index contributed by atoms with van der Waals surface area (Å²) in [5, 5.41) is 23.4. The maximum atomic E-state index is 4.22. The molecule has 0 saturated heterocycles. The molecule has 10 aromatic carbocycles. The molecule has 0 spiro atoms. The fraction of sp³-hybridized carbons (Fsp3) is 0.0385. The van der Waals surface area contributed by atoms with E-state index >= 15 is 0 Å². The summed E-state index contributed by atoms with van der Waals surface area (Å²) >= 11 is 0. The Hall–Kier alpha value is -6.74. The highest BCUT2D eigenvalue weighted by molar-refractivity contribution is 6.16. The molecule has 0 fully saturated rings. The van der Waals surface area contributed by atoms with Crippen LogP contribution in [0.2, 0.25) is 0 Å². The quantitative estimate of drug-likeness (QED) is 0.142. The van der Waals surface area contributed by atoms with Crippen molar-refractivity contribution in [1.29, 1.82) is 0 Å². The molecule has 1 aliphatic rings. The predicted molar refractivity (Wildman–Crippen MR) is 230 cm³/mol. The largest absolute Gasteiger partial charge is 0.366 e. The zero-order valence-corrected chi connectivity index (χ0v) is 29.6. The minimum atomic E-state index is -0.205. The summed E-state index contributed by atoms with van der Waals surface area (Å²) in [7, 11) is 0. The molecule has 2 atom stereocenters. The summed E-state index contributed by atoms with van der Waals surface area (Å²) < 4.78 is 0. The SMILES string of the molecule is C1=C(c2ccccc2-c2ccccc2)NC(c2c3ccccc3cc3c2ccc2ccccc23)NC1c1c2ccccc2cc2c1ccc1ccccc12. The Morgan fingerprint density at radius 3 is 1.44 bits per heavy atom. The van der Waals surface area contributed by atoms with Crippen molar-refractivity contribution in [3.63, 3.8) is 0 Å². The highest BCUT2D eigenvalue weighted by atomic mass is 15.2. The van der Waals surface area contributed by atoms with Crippen LogP contribution in [0.5, 0.6) is 0 Å². The lowest BCUT2D eigenvalue weighted by Gasteiger charge is -2.36. The zero-order chi connectivity index (χ0) is 35.6. The molecular weight excluding hydrogens is 653 g/mol. The Labute approximate surface area is 314 Å². The Balaban J connectivity index is 1.21. The van der Waals surface area contributed by atoms with E-state index < -0.39 is 0 Å². The van der Waals surface area contributed by atoms with E-state index in [1.54, 1.807) is 0 Å². The molecule has 10 aromatic rings. The first-order chi connectivity index (χ1) is 26.8. The summed E-state index contributed by atoms with van der Waals surface area (Å²) in [5.41, 5.74) is 7.27. The van der Waals surface area contributed by atoms with Gasteiger partial charge in [-0.2, -0.15) is 0 Å². The van der Waals surface area contributed by atoms with Gasteiger partial charge in [-0.15, -0.1) is 0 Å². The number of fused-ring (bicyclic) bond motifs is 8. The van der Waals surface area contributed by atoms with Gasteiger partial charge in [0.1, 0.15) is 6.17 Å². The van der Waals surface area contributed by atoms with Crippen molar-refractivity contribution in [3.05, 3.63) is 211 Å². The van der Waals surface area contributed by atoms with Crippen LogP contribution in [0.15, 0.2) is 194 Å². The second-order valence-corrected chi connectivity index (χ2v) is 14.5. The monoisotopic (exact) mass is 688 g/mol. The molecule has 0 aliphatic carbocycles. The third-order valence-electron chi connectivity index (χ3n) is 11.5. The summed E-state index contributed by atoms with van der Waals surface area (Å²) in [6.07, 6.45) is 2.22. The van der Waals surface area contributed by atoms with Crippen LogP contribution in [-0.4, -0.2) is 0 Å². The lowest BCUT2D eigenvalue weighted by atomic mass is 9.86. The van der Waals surface area contributed by atoms with Crippen LogP contribution in [-0.2, 0) is 0 Å². The van der Waals surface area contributed by atoms with Gasteiger partial charge in [-0.1, -0.05) is 176 Å². The van der Waals surface area contributed by atoms with E-state index in [-0.39, 0.29) is 12.2 Å². The van der Waals surface area contributed by atoms with Crippen molar-refractivity contribution in [3.8, 4) is 11.1 Å². The molecule has 11 rings (SSSR count). The molecule has 254 valence electrons. The molecule has 2 unspecified atom stereocenters. The second-order valence-electron chi connectivity index (χ2n) is 14.5. The van der Waals surface area contributed by atoms with E-state index in [0.717, 1.165) is 5.70 Å². The highest BCUT2D eigenvalue weighted by Crippen LogP contribution is 2.43. The van der Waals surface area contributed by atoms with Crippen LogP contribution in [0, 0.1) is 0 Å². The van der Waals surface area contributed by atoms with E-state index in [4.69, 9.17) is 0 Å². The van der Waals surface area contributed by atoms with Crippen molar-refractivity contribution >= 4 is 70.3 Å². The average molecular weight is 689 g/mol. The van der Waals surface area contributed by atoms with Gasteiger partial charge in [0.05, 0.1) is 6.04 Å². The molecule has 0 aromatic heterocycles. The molecule has 0 saturated carbocycles. The van der Waals surface area contributed by atoms with Crippen molar-refractivity contribution < 1.29 is 0 Å². The number of benzene rings is 10. The van der Waals surface area contributed by atoms with Crippen molar-refractivity contribution in [2.45, 2.75) is 12.2 Å².